The Kier molecular flexibility index (Phi) is 3.04. The van der Waals surface area contributed by atoms with Gasteiger partial charge in [-0.1, -0.05) is 18.3 Å². The highest BCUT2D eigenvalue weighted by Crippen LogP contribution is 2.56. The molecule has 4 aliphatic carbocycles. The third-order valence-corrected chi connectivity index (χ3v) is 6.10. The summed E-state index contributed by atoms with van der Waals surface area (Å²) in [6.07, 6.45) is 8.42. The molecule has 112 valence electrons. The van der Waals surface area contributed by atoms with E-state index in [1.807, 2.05) is 0 Å². The first kappa shape index (κ1) is 13.6. The minimum absolute atomic E-state index is 0.308. The van der Waals surface area contributed by atoms with Crippen molar-refractivity contribution in [1.82, 2.24) is 0 Å². The highest BCUT2D eigenvalue weighted by atomic mass is 32.1. The lowest BCUT2D eigenvalue weighted by Crippen LogP contribution is -2.55. The summed E-state index contributed by atoms with van der Waals surface area (Å²) in [6, 6.07) is 6.38. The highest BCUT2D eigenvalue weighted by molar-refractivity contribution is 7.80. The Balaban J connectivity index is 1.67. The summed E-state index contributed by atoms with van der Waals surface area (Å²) in [7, 11) is 0. The van der Waals surface area contributed by atoms with Gasteiger partial charge in [0.2, 0.25) is 0 Å². The van der Waals surface area contributed by atoms with Crippen LogP contribution in [0.15, 0.2) is 18.2 Å². The third kappa shape index (κ3) is 2.36. The van der Waals surface area contributed by atoms with Crippen LogP contribution in [0.25, 0.3) is 0 Å². The molecule has 3 heteroatoms. The van der Waals surface area contributed by atoms with Crippen LogP contribution in [0, 0.1) is 24.7 Å². The number of benzene rings is 1. The van der Waals surface area contributed by atoms with Crippen LogP contribution >= 0.6 is 12.2 Å². The van der Waals surface area contributed by atoms with E-state index in [-0.39, 0.29) is 0 Å². The molecule has 4 fully saturated rings. The van der Waals surface area contributed by atoms with Crippen LogP contribution in [0.5, 0.6) is 0 Å². The lowest BCUT2D eigenvalue weighted by atomic mass is 9.53. The first-order valence-electron chi connectivity index (χ1n) is 8.22. The van der Waals surface area contributed by atoms with Crippen molar-refractivity contribution in [3.05, 3.63) is 29.3 Å². The molecule has 2 nitrogen and oxygen atoms in total. The molecule has 1 aromatic rings. The molecule has 4 saturated carbocycles. The average Bonchev–Trinajstić information content (AvgIpc) is 2.35. The molecule has 0 aromatic heterocycles. The summed E-state index contributed by atoms with van der Waals surface area (Å²) >= 11 is 5.24. The zero-order valence-corrected chi connectivity index (χ0v) is 13.5. The van der Waals surface area contributed by atoms with Gasteiger partial charge in [0.15, 0.2) is 0 Å². The Morgan fingerprint density at radius 3 is 2.24 bits per heavy atom. The zero-order valence-electron chi connectivity index (χ0n) is 12.7. The van der Waals surface area contributed by atoms with Crippen LogP contribution in [-0.4, -0.2) is 10.5 Å². The van der Waals surface area contributed by atoms with Crippen LogP contribution in [0.4, 0.5) is 5.69 Å². The van der Waals surface area contributed by atoms with E-state index < -0.39 is 0 Å². The van der Waals surface area contributed by atoms with Gasteiger partial charge in [0.1, 0.15) is 4.99 Å². The number of hydrogen-bond acceptors (Lipinski definition) is 2. The van der Waals surface area contributed by atoms with E-state index >= 15 is 0 Å². The molecule has 0 amide bonds. The van der Waals surface area contributed by atoms with Gasteiger partial charge in [0.25, 0.3) is 0 Å². The van der Waals surface area contributed by atoms with Gasteiger partial charge in [-0.3, -0.25) is 0 Å². The van der Waals surface area contributed by atoms with E-state index in [1.54, 1.807) is 0 Å². The predicted molar refractivity (Wildman–Crippen MR) is 91.6 cm³/mol. The van der Waals surface area contributed by atoms with Crippen molar-refractivity contribution in [2.24, 2.45) is 23.5 Å². The Morgan fingerprint density at radius 1 is 1.14 bits per heavy atom. The van der Waals surface area contributed by atoms with Crippen molar-refractivity contribution >= 4 is 22.9 Å². The van der Waals surface area contributed by atoms with Gasteiger partial charge < -0.3 is 11.1 Å². The summed E-state index contributed by atoms with van der Waals surface area (Å²) in [5.74, 6) is 2.84. The number of nitrogens with one attached hydrogen (secondary N) is 1. The molecule has 0 radical (unpaired) electrons. The topological polar surface area (TPSA) is 38.0 Å². The fourth-order valence-corrected chi connectivity index (χ4v) is 5.70. The number of hydrogen-bond donors (Lipinski definition) is 2. The molecule has 4 bridgehead atoms. The fourth-order valence-electron chi connectivity index (χ4n) is 5.53. The summed E-state index contributed by atoms with van der Waals surface area (Å²) in [5, 5.41) is 3.91. The molecule has 0 atom stereocenters. The summed E-state index contributed by atoms with van der Waals surface area (Å²) in [4.78, 5) is 0.502. The van der Waals surface area contributed by atoms with Crippen molar-refractivity contribution in [2.75, 3.05) is 5.32 Å². The Morgan fingerprint density at radius 2 is 1.71 bits per heavy atom. The van der Waals surface area contributed by atoms with Gasteiger partial charge in [0.05, 0.1) is 0 Å². The first-order valence-corrected chi connectivity index (χ1v) is 8.62. The second kappa shape index (κ2) is 4.70. The quantitative estimate of drug-likeness (QED) is 0.828. The number of aryl methyl sites for hydroxylation is 1. The van der Waals surface area contributed by atoms with E-state index in [1.165, 1.54) is 44.1 Å². The molecule has 0 unspecified atom stereocenters. The van der Waals surface area contributed by atoms with Gasteiger partial charge >= 0.3 is 0 Å². The third-order valence-electron chi connectivity index (χ3n) is 5.88. The van der Waals surface area contributed by atoms with E-state index in [4.69, 9.17) is 18.0 Å². The highest BCUT2D eigenvalue weighted by Gasteiger charge is 2.51. The van der Waals surface area contributed by atoms with Crippen LogP contribution in [-0.2, 0) is 0 Å². The summed E-state index contributed by atoms with van der Waals surface area (Å²) in [6.45, 7) is 2.13. The van der Waals surface area contributed by atoms with Crippen LogP contribution in [0.2, 0.25) is 0 Å². The van der Waals surface area contributed by atoms with Crippen LogP contribution in [0.1, 0.15) is 49.7 Å². The molecule has 21 heavy (non-hydrogen) atoms. The molecular formula is C18H24N2S. The summed E-state index contributed by atoms with van der Waals surface area (Å²) < 4.78 is 0. The standard InChI is InChI=1S/C18H24N2S/c1-11-2-3-15(17(19)21)16(4-11)20-18-8-12-5-13(9-18)7-14(6-12)10-18/h2-4,12-14,20H,5-10H2,1H3,(H2,19,21). The number of thiocarbonyl (C=S) groups is 1. The van der Waals surface area contributed by atoms with Gasteiger partial charge in [-0.15, -0.1) is 0 Å². The minimum Gasteiger partial charge on any atom is -0.389 e. The average molecular weight is 300 g/mol. The molecule has 0 heterocycles. The van der Waals surface area contributed by atoms with Crippen molar-refractivity contribution in [3.63, 3.8) is 0 Å². The second-order valence-corrected chi connectivity index (χ2v) is 8.18. The van der Waals surface area contributed by atoms with Crippen LogP contribution < -0.4 is 11.1 Å². The molecular weight excluding hydrogens is 276 g/mol. The monoisotopic (exact) mass is 300 g/mol. The smallest absolute Gasteiger partial charge is 0.106 e. The van der Waals surface area contributed by atoms with Crippen molar-refractivity contribution < 1.29 is 0 Å². The molecule has 5 rings (SSSR count). The fraction of sp³-hybridized carbons (Fsp3) is 0.611. The van der Waals surface area contributed by atoms with E-state index in [0.717, 1.165) is 29.0 Å². The normalized spacial score (nSPS) is 36.7. The molecule has 0 saturated heterocycles. The van der Waals surface area contributed by atoms with Crippen molar-refractivity contribution in [1.29, 1.82) is 0 Å². The van der Waals surface area contributed by atoms with Gasteiger partial charge in [0, 0.05) is 16.8 Å². The van der Waals surface area contributed by atoms with Gasteiger partial charge in [-0.25, -0.2) is 0 Å². The predicted octanol–water partition coefficient (Wildman–Crippen LogP) is 4.01. The minimum atomic E-state index is 0.308. The molecule has 0 aliphatic heterocycles. The maximum absolute atomic E-state index is 5.92. The SMILES string of the molecule is Cc1ccc(C(N)=S)c(NC23CC4CC(CC(C4)C2)C3)c1. The van der Waals surface area contributed by atoms with Gasteiger partial charge in [-0.2, -0.15) is 0 Å². The van der Waals surface area contributed by atoms with Crippen LogP contribution in [0.3, 0.4) is 0 Å². The maximum atomic E-state index is 5.92. The molecule has 0 spiro atoms. The Bertz CT molecular complexity index is 558. The van der Waals surface area contributed by atoms with E-state index in [0.29, 0.717) is 10.5 Å². The maximum Gasteiger partial charge on any atom is 0.106 e. The lowest BCUT2D eigenvalue weighted by Gasteiger charge is -2.57. The van der Waals surface area contributed by atoms with E-state index in [2.05, 4.69) is 30.4 Å². The molecule has 1 aromatic carbocycles. The Labute approximate surface area is 132 Å². The summed E-state index contributed by atoms with van der Waals surface area (Å²) in [5.41, 5.74) is 9.66. The number of nitrogens with two attached hydrogens (primary N) is 1. The Hall–Kier alpha value is -1.09. The number of rotatable bonds is 3. The van der Waals surface area contributed by atoms with Crippen molar-refractivity contribution in [3.8, 4) is 0 Å². The number of anilines is 1. The zero-order chi connectivity index (χ0) is 14.6. The van der Waals surface area contributed by atoms with E-state index in [9.17, 15) is 0 Å². The van der Waals surface area contributed by atoms with Gasteiger partial charge in [-0.05, 0) is 80.9 Å². The molecule has 3 N–H and O–H groups in total. The lowest BCUT2D eigenvalue weighted by molar-refractivity contribution is 0.0107. The first-order chi connectivity index (χ1) is 10.0. The molecule has 4 aliphatic rings. The van der Waals surface area contributed by atoms with Crippen molar-refractivity contribution in [2.45, 2.75) is 51.0 Å². The largest absolute Gasteiger partial charge is 0.389 e. The second-order valence-electron chi connectivity index (χ2n) is 7.74.